The lowest BCUT2D eigenvalue weighted by Gasteiger charge is -1.99. The normalized spacial score (nSPS) is 9.90. The average molecular weight is 173 g/mol. The summed E-state index contributed by atoms with van der Waals surface area (Å²) in [5.74, 6) is 0. The molecule has 10 heavy (non-hydrogen) atoms. The molecule has 0 atom stereocenters. The Kier molecular flexibility index (Phi) is 2.64. The van der Waals surface area contributed by atoms with Crippen molar-refractivity contribution in [3.05, 3.63) is 28.8 Å². The third kappa shape index (κ3) is 1.68. The first kappa shape index (κ1) is 7.96. The van der Waals surface area contributed by atoms with Crippen molar-refractivity contribution >= 4 is 23.4 Å². The SMILES string of the molecule is CSc1cc(C)ccc1Cl. The number of benzene rings is 1. The molecule has 54 valence electrons. The van der Waals surface area contributed by atoms with Crippen LogP contribution in [0.3, 0.4) is 0 Å². The lowest BCUT2D eigenvalue weighted by atomic mass is 10.2. The molecule has 0 aromatic heterocycles. The topological polar surface area (TPSA) is 0 Å². The summed E-state index contributed by atoms with van der Waals surface area (Å²) in [5.41, 5.74) is 1.26. The number of halogens is 1. The van der Waals surface area contributed by atoms with Gasteiger partial charge in [-0.1, -0.05) is 17.7 Å². The largest absolute Gasteiger partial charge is 0.128 e. The monoisotopic (exact) mass is 172 g/mol. The zero-order chi connectivity index (χ0) is 7.56. The summed E-state index contributed by atoms with van der Waals surface area (Å²) in [4.78, 5) is 1.15. The van der Waals surface area contributed by atoms with Gasteiger partial charge in [-0.15, -0.1) is 11.8 Å². The van der Waals surface area contributed by atoms with Gasteiger partial charge in [-0.3, -0.25) is 0 Å². The lowest BCUT2D eigenvalue weighted by Crippen LogP contribution is -1.75. The molecule has 0 bridgehead atoms. The van der Waals surface area contributed by atoms with Gasteiger partial charge < -0.3 is 0 Å². The van der Waals surface area contributed by atoms with Crippen molar-refractivity contribution in [3.8, 4) is 0 Å². The molecule has 0 unspecified atom stereocenters. The molecule has 0 amide bonds. The highest BCUT2D eigenvalue weighted by atomic mass is 35.5. The average Bonchev–Trinajstić information content (AvgIpc) is 1.94. The molecule has 0 saturated heterocycles. The van der Waals surface area contributed by atoms with E-state index in [1.165, 1.54) is 5.56 Å². The fourth-order valence-electron chi connectivity index (χ4n) is 0.767. The maximum atomic E-state index is 5.88. The minimum absolute atomic E-state index is 0.845. The molecular formula is C8H9ClS. The molecular weight excluding hydrogens is 164 g/mol. The Morgan fingerprint density at radius 3 is 2.60 bits per heavy atom. The molecule has 0 N–H and O–H groups in total. The van der Waals surface area contributed by atoms with Gasteiger partial charge in [0.1, 0.15) is 0 Å². The van der Waals surface area contributed by atoms with E-state index in [9.17, 15) is 0 Å². The van der Waals surface area contributed by atoms with Crippen molar-refractivity contribution in [2.75, 3.05) is 6.26 Å². The van der Waals surface area contributed by atoms with Gasteiger partial charge in [-0.05, 0) is 30.9 Å². The van der Waals surface area contributed by atoms with Crippen molar-refractivity contribution in [2.45, 2.75) is 11.8 Å². The van der Waals surface area contributed by atoms with E-state index in [0.717, 1.165) is 9.92 Å². The second kappa shape index (κ2) is 3.31. The van der Waals surface area contributed by atoms with E-state index in [4.69, 9.17) is 11.6 Å². The summed E-state index contributed by atoms with van der Waals surface area (Å²) in [6.45, 7) is 2.07. The second-order valence-electron chi connectivity index (χ2n) is 2.14. The fraction of sp³-hybridized carbons (Fsp3) is 0.250. The van der Waals surface area contributed by atoms with Crippen molar-refractivity contribution in [3.63, 3.8) is 0 Å². The molecule has 0 spiro atoms. The van der Waals surface area contributed by atoms with Gasteiger partial charge in [0.15, 0.2) is 0 Å². The van der Waals surface area contributed by atoms with Gasteiger partial charge in [0, 0.05) is 4.90 Å². The Bertz CT molecular complexity index is 233. The molecule has 0 nitrogen and oxygen atoms in total. The summed E-state index contributed by atoms with van der Waals surface area (Å²) < 4.78 is 0. The number of hydrogen-bond acceptors (Lipinski definition) is 1. The fourth-order valence-corrected chi connectivity index (χ4v) is 1.68. The van der Waals surface area contributed by atoms with Crippen LogP contribution >= 0.6 is 23.4 Å². The van der Waals surface area contributed by atoms with Gasteiger partial charge >= 0.3 is 0 Å². The van der Waals surface area contributed by atoms with Crippen LogP contribution in [-0.4, -0.2) is 6.26 Å². The maximum absolute atomic E-state index is 5.88. The summed E-state index contributed by atoms with van der Waals surface area (Å²) in [6, 6.07) is 6.04. The lowest BCUT2D eigenvalue weighted by molar-refractivity contribution is 1.36. The molecule has 0 saturated carbocycles. The van der Waals surface area contributed by atoms with Crippen molar-refractivity contribution in [1.29, 1.82) is 0 Å². The molecule has 0 aliphatic heterocycles. The van der Waals surface area contributed by atoms with E-state index >= 15 is 0 Å². The Hall–Kier alpha value is -0.140. The molecule has 2 heteroatoms. The van der Waals surface area contributed by atoms with Crippen molar-refractivity contribution in [1.82, 2.24) is 0 Å². The molecule has 0 radical (unpaired) electrons. The quantitative estimate of drug-likeness (QED) is 0.586. The van der Waals surface area contributed by atoms with Crippen LogP contribution in [0, 0.1) is 6.92 Å². The maximum Gasteiger partial charge on any atom is 0.0541 e. The van der Waals surface area contributed by atoms with Crippen LogP contribution in [0.2, 0.25) is 5.02 Å². The van der Waals surface area contributed by atoms with Crippen molar-refractivity contribution in [2.24, 2.45) is 0 Å². The first-order valence-electron chi connectivity index (χ1n) is 3.04. The first-order chi connectivity index (χ1) is 4.74. The van der Waals surface area contributed by atoms with Gasteiger partial charge in [-0.2, -0.15) is 0 Å². The van der Waals surface area contributed by atoms with Crippen LogP contribution in [0.25, 0.3) is 0 Å². The Labute approximate surface area is 70.6 Å². The third-order valence-electron chi connectivity index (χ3n) is 1.31. The van der Waals surface area contributed by atoms with Crippen molar-refractivity contribution < 1.29 is 0 Å². The predicted octanol–water partition coefficient (Wildman–Crippen LogP) is 3.37. The highest BCUT2D eigenvalue weighted by Crippen LogP contribution is 2.25. The van der Waals surface area contributed by atoms with Crippen LogP contribution in [0.4, 0.5) is 0 Å². The van der Waals surface area contributed by atoms with Gasteiger partial charge in [0.2, 0.25) is 0 Å². The summed E-state index contributed by atoms with van der Waals surface area (Å²) in [5, 5.41) is 0.845. The van der Waals surface area contributed by atoms with Crippen LogP contribution in [0.1, 0.15) is 5.56 Å². The highest BCUT2D eigenvalue weighted by Gasteiger charge is 1.96. The third-order valence-corrected chi connectivity index (χ3v) is 2.53. The second-order valence-corrected chi connectivity index (χ2v) is 3.39. The van der Waals surface area contributed by atoms with Crippen LogP contribution in [0.5, 0.6) is 0 Å². The predicted molar refractivity (Wildman–Crippen MR) is 48.0 cm³/mol. The Morgan fingerprint density at radius 1 is 1.40 bits per heavy atom. The molecule has 0 heterocycles. The van der Waals surface area contributed by atoms with E-state index < -0.39 is 0 Å². The number of hydrogen-bond donors (Lipinski definition) is 0. The molecule has 0 aliphatic rings. The van der Waals surface area contributed by atoms with E-state index in [0.29, 0.717) is 0 Å². The highest BCUT2D eigenvalue weighted by molar-refractivity contribution is 7.98. The van der Waals surface area contributed by atoms with Gasteiger partial charge in [0.05, 0.1) is 5.02 Å². The van der Waals surface area contributed by atoms with Gasteiger partial charge in [-0.25, -0.2) is 0 Å². The summed E-state index contributed by atoms with van der Waals surface area (Å²) in [6.07, 6.45) is 2.03. The number of aryl methyl sites for hydroxylation is 1. The van der Waals surface area contributed by atoms with Crippen LogP contribution in [0.15, 0.2) is 23.1 Å². The van der Waals surface area contributed by atoms with Gasteiger partial charge in [0.25, 0.3) is 0 Å². The van der Waals surface area contributed by atoms with Crippen LogP contribution < -0.4 is 0 Å². The molecule has 1 aromatic rings. The van der Waals surface area contributed by atoms with E-state index in [-0.39, 0.29) is 0 Å². The minimum atomic E-state index is 0.845. The number of thioether (sulfide) groups is 1. The zero-order valence-corrected chi connectivity index (χ0v) is 7.59. The molecule has 0 aliphatic carbocycles. The number of rotatable bonds is 1. The Balaban J connectivity index is 3.09. The van der Waals surface area contributed by atoms with E-state index in [1.54, 1.807) is 11.8 Å². The molecule has 1 aromatic carbocycles. The standard InChI is InChI=1S/C8H9ClS/c1-6-3-4-7(9)8(5-6)10-2/h3-5H,1-2H3. The first-order valence-corrected chi connectivity index (χ1v) is 4.64. The molecule has 0 fully saturated rings. The van der Waals surface area contributed by atoms with E-state index in [1.807, 2.05) is 18.4 Å². The summed E-state index contributed by atoms with van der Waals surface area (Å²) in [7, 11) is 0. The van der Waals surface area contributed by atoms with E-state index in [2.05, 4.69) is 13.0 Å². The summed E-state index contributed by atoms with van der Waals surface area (Å²) >= 11 is 7.55. The smallest absolute Gasteiger partial charge is 0.0541 e. The zero-order valence-electron chi connectivity index (χ0n) is 6.02. The van der Waals surface area contributed by atoms with Crippen LogP contribution in [-0.2, 0) is 0 Å². The molecule has 1 rings (SSSR count). The Morgan fingerprint density at radius 2 is 2.10 bits per heavy atom. The minimum Gasteiger partial charge on any atom is -0.128 e.